The average Bonchev–Trinajstić information content (AvgIpc) is 1.83. The molecule has 0 aromatic heterocycles. The van der Waals surface area contributed by atoms with Gasteiger partial charge in [-0.15, -0.1) is 0 Å². The summed E-state index contributed by atoms with van der Waals surface area (Å²) in [6.07, 6.45) is 0. The highest BCUT2D eigenvalue weighted by Gasteiger charge is 2.31. The minimum absolute atomic E-state index is 0.0418. The lowest BCUT2D eigenvalue weighted by Crippen LogP contribution is -2.53. The van der Waals surface area contributed by atoms with Gasteiger partial charge in [0.1, 0.15) is 0 Å². The van der Waals surface area contributed by atoms with E-state index in [-0.39, 0.29) is 24.1 Å². The maximum Gasteiger partial charge on any atom is 0.0598 e. The fourth-order valence-electron chi connectivity index (χ4n) is 1.90. The maximum atomic E-state index is 8.97. The predicted molar refractivity (Wildman–Crippen MR) is 52.0 cm³/mol. The number of aliphatic hydroxyl groups is 1. The molecule has 0 rings (SSSR count). The van der Waals surface area contributed by atoms with Gasteiger partial charge in [0.15, 0.2) is 0 Å². The third kappa shape index (κ3) is 3.09. The number of likely N-dealkylation sites (N-methyl/N-ethyl adjacent to an activating group) is 1. The molecule has 0 fully saturated rings. The first-order valence-electron chi connectivity index (χ1n) is 4.33. The molecule has 0 saturated heterocycles. The van der Waals surface area contributed by atoms with Gasteiger partial charge in [-0.05, 0) is 19.5 Å². The zero-order valence-corrected chi connectivity index (χ0v) is 8.83. The van der Waals surface area contributed by atoms with Crippen LogP contribution in [0.5, 0.6) is 0 Å². The number of rotatable bonds is 3. The van der Waals surface area contributed by atoms with Crippen LogP contribution in [-0.4, -0.2) is 42.8 Å². The summed E-state index contributed by atoms with van der Waals surface area (Å²) in [5.41, 5.74) is 5.92. The fourth-order valence-corrected chi connectivity index (χ4v) is 1.90. The van der Waals surface area contributed by atoms with Crippen LogP contribution >= 0.6 is 0 Å². The topological polar surface area (TPSA) is 49.5 Å². The maximum absolute atomic E-state index is 8.97. The predicted octanol–water partition coefficient (Wildman–Crippen LogP) is 0.282. The van der Waals surface area contributed by atoms with E-state index in [1.165, 1.54) is 0 Å². The van der Waals surface area contributed by atoms with Gasteiger partial charge in [-0.2, -0.15) is 0 Å². The van der Waals surface area contributed by atoms with E-state index in [0.29, 0.717) is 0 Å². The Morgan fingerprint density at radius 2 is 1.75 bits per heavy atom. The van der Waals surface area contributed by atoms with Crippen LogP contribution in [0.3, 0.4) is 0 Å². The van der Waals surface area contributed by atoms with Gasteiger partial charge in [-0.25, -0.2) is 0 Å². The number of hydrogen-bond donors (Lipinski definition) is 2. The molecule has 0 aliphatic heterocycles. The van der Waals surface area contributed by atoms with E-state index >= 15 is 0 Å². The molecule has 0 radical (unpaired) electrons. The van der Waals surface area contributed by atoms with E-state index in [9.17, 15) is 0 Å². The summed E-state index contributed by atoms with van der Waals surface area (Å²) in [4.78, 5) is 2.07. The third-order valence-electron chi connectivity index (χ3n) is 2.06. The Morgan fingerprint density at radius 3 is 1.83 bits per heavy atom. The van der Waals surface area contributed by atoms with Crippen LogP contribution in [0.4, 0.5) is 0 Å². The molecule has 3 N–H and O–H groups in total. The van der Waals surface area contributed by atoms with E-state index < -0.39 is 0 Å². The van der Waals surface area contributed by atoms with Gasteiger partial charge < -0.3 is 15.7 Å². The minimum atomic E-state index is -0.167. The summed E-state index contributed by atoms with van der Waals surface area (Å²) in [5, 5.41) is 8.97. The summed E-state index contributed by atoms with van der Waals surface area (Å²) in [6.45, 7) is 6.44. The second-order valence-electron chi connectivity index (χ2n) is 4.62. The first-order valence-corrected chi connectivity index (χ1v) is 4.33. The third-order valence-corrected chi connectivity index (χ3v) is 2.06. The van der Waals surface area contributed by atoms with E-state index in [0.717, 1.165) is 0 Å². The molecule has 0 amide bonds. The van der Waals surface area contributed by atoms with Crippen molar-refractivity contribution >= 4 is 0 Å². The van der Waals surface area contributed by atoms with Gasteiger partial charge in [0.2, 0.25) is 0 Å². The lowest BCUT2D eigenvalue weighted by Gasteiger charge is -2.39. The van der Waals surface area contributed by atoms with Crippen molar-refractivity contribution in [2.75, 3.05) is 20.7 Å². The summed E-state index contributed by atoms with van der Waals surface area (Å²) in [5.74, 6) is 0. The van der Waals surface area contributed by atoms with Crippen molar-refractivity contribution in [1.82, 2.24) is 4.90 Å². The van der Waals surface area contributed by atoms with Crippen LogP contribution in [0.25, 0.3) is 0 Å². The van der Waals surface area contributed by atoms with E-state index in [2.05, 4.69) is 25.7 Å². The molecule has 3 heteroatoms. The molecular weight excluding hydrogens is 152 g/mol. The van der Waals surface area contributed by atoms with Crippen molar-refractivity contribution < 1.29 is 5.11 Å². The molecule has 0 aromatic rings. The van der Waals surface area contributed by atoms with Crippen molar-refractivity contribution in [3.8, 4) is 0 Å². The zero-order chi connectivity index (χ0) is 9.94. The van der Waals surface area contributed by atoms with E-state index in [4.69, 9.17) is 10.8 Å². The fraction of sp³-hybridized carbons (Fsp3) is 1.00. The van der Waals surface area contributed by atoms with Crippen molar-refractivity contribution in [1.29, 1.82) is 0 Å². The van der Waals surface area contributed by atoms with Crippen molar-refractivity contribution in [3.63, 3.8) is 0 Å². The monoisotopic (exact) mass is 174 g/mol. The summed E-state index contributed by atoms with van der Waals surface area (Å²) in [6, 6.07) is 0.0440. The Balaban J connectivity index is 4.44. The van der Waals surface area contributed by atoms with Gasteiger partial charge >= 0.3 is 0 Å². The minimum Gasteiger partial charge on any atom is -0.395 e. The van der Waals surface area contributed by atoms with E-state index in [1.54, 1.807) is 0 Å². The standard InChI is InChI=1S/C9H22N2O/c1-9(2,3)8(11(4)5)7(10)6-12/h7-8,12H,6,10H2,1-5H3. The van der Waals surface area contributed by atoms with Gasteiger partial charge in [-0.1, -0.05) is 20.8 Å². The summed E-state index contributed by atoms with van der Waals surface area (Å²) >= 11 is 0. The molecule has 0 bridgehead atoms. The smallest absolute Gasteiger partial charge is 0.0598 e. The molecule has 0 aliphatic carbocycles. The molecule has 3 nitrogen and oxygen atoms in total. The first-order chi connectivity index (χ1) is 5.30. The largest absolute Gasteiger partial charge is 0.395 e. The van der Waals surface area contributed by atoms with Crippen LogP contribution in [0, 0.1) is 5.41 Å². The zero-order valence-electron chi connectivity index (χ0n) is 8.83. The Morgan fingerprint density at radius 1 is 1.33 bits per heavy atom. The highest BCUT2D eigenvalue weighted by Crippen LogP contribution is 2.24. The Kier molecular flexibility index (Phi) is 4.17. The normalized spacial score (nSPS) is 18.0. The van der Waals surface area contributed by atoms with Crippen molar-refractivity contribution in [3.05, 3.63) is 0 Å². The lowest BCUT2D eigenvalue weighted by atomic mass is 9.82. The van der Waals surface area contributed by atoms with Gasteiger partial charge in [0.25, 0.3) is 0 Å². The Hall–Kier alpha value is -0.120. The Bertz CT molecular complexity index is 129. The van der Waals surface area contributed by atoms with Crippen LogP contribution < -0.4 is 5.73 Å². The lowest BCUT2D eigenvalue weighted by molar-refractivity contribution is 0.0954. The quantitative estimate of drug-likeness (QED) is 0.646. The highest BCUT2D eigenvalue weighted by molar-refractivity contribution is 4.88. The molecule has 0 heterocycles. The molecule has 2 unspecified atom stereocenters. The molecule has 2 atom stereocenters. The molecule has 0 aliphatic rings. The van der Waals surface area contributed by atoms with Crippen LogP contribution in [0.1, 0.15) is 20.8 Å². The van der Waals surface area contributed by atoms with Crippen LogP contribution in [-0.2, 0) is 0 Å². The Labute approximate surface area is 75.6 Å². The van der Waals surface area contributed by atoms with Gasteiger partial charge in [0, 0.05) is 12.1 Å². The SMILES string of the molecule is CN(C)C(C(N)CO)C(C)(C)C. The van der Waals surface area contributed by atoms with Crippen molar-refractivity contribution in [2.24, 2.45) is 11.1 Å². The van der Waals surface area contributed by atoms with Crippen LogP contribution in [0.15, 0.2) is 0 Å². The molecule has 12 heavy (non-hydrogen) atoms. The van der Waals surface area contributed by atoms with E-state index in [1.807, 2.05) is 14.1 Å². The molecule has 0 saturated carbocycles. The number of aliphatic hydroxyl groups excluding tert-OH is 1. The molecule has 0 spiro atoms. The summed E-state index contributed by atoms with van der Waals surface area (Å²) in [7, 11) is 3.98. The van der Waals surface area contributed by atoms with Crippen LogP contribution in [0.2, 0.25) is 0 Å². The van der Waals surface area contributed by atoms with Gasteiger partial charge in [-0.3, -0.25) is 0 Å². The second-order valence-corrected chi connectivity index (χ2v) is 4.62. The molecular formula is C9H22N2O. The number of hydrogen-bond acceptors (Lipinski definition) is 3. The summed E-state index contributed by atoms with van der Waals surface area (Å²) < 4.78 is 0. The number of nitrogens with zero attached hydrogens (tertiary/aromatic N) is 1. The average molecular weight is 174 g/mol. The van der Waals surface area contributed by atoms with Gasteiger partial charge in [0.05, 0.1) is 6.61 Å². The van der Waals surface area contributed by atoms with Crippen molar-refractivity contribution in [2.45, 2.75) is 32.9 Å². The number of nitrogens with two attached hydrogens (primary N) is 1. The highest BCUT2D eigenvalue weighted by atomic mass is 16.3. The molecule has 0 aromatic carbocycles. The second kappa shape index (κ2) is 4.21. The molecule has 74 valence electrons. The first kappa shape index (κ1) is 11.9.